The fraction of sp³-hybridized carbons (Fsp3) is 0.588. The van der Waals surface area contributed by atoms with Gasteiger partial charge in [-0.15, -0.1) is 0 Å². The first-order valence-corrected chi connectivity index (χ1v) is 8.01. The van der Waals surface area contributed by atoms with Crippen molar-refractivity contribution in [2.45, 2.75) is 51.4 Å². The fourth-order valence-electron chi connectivity index (χ4n) is 2.86. The smallest absolute Gasteiger partial charge is 0.315 e. The minimum Gasteiger partial charge on any atom is -0.387 e. The molecule has 0 saturated carbocycles. The molecule has 1 aliphatic rings. The molecule has 1 aliphatic heterocycles. The number of hydrogen-bond acceptors (Lipinski definition) is 3. The molecule has 1 saturated heterocycles. The second-order valence-electron chi connectivity index (χ2n) is 5.79. The maximum Gasteiger partial charge on any atom is 0.315 e. The zero-order chi connectivity index (χ0) is 15.9. The van der Waals surface area contributed by atoms with Crippen LogP contribution < -0.4 is 10.6 Å². The van der Waals surface area contributed by atoms with Crippen LogP contribution in [-0.2, 0) is 4.74 Å². The number of carbonyl (C=O) groups is 1. The van der Waals surface area contributed by atoms with Crippen molar-refractivity contribution >= 4 is 6.03 Å². The fourth-order valence-corrected chi connectivity index (χ4v) is 2.86. The van der Waals surface area contributed by atoms with Crippen LogP contribution in [0.5, 0.6) is 0 Å². The van der Waals surface area contributed by atoms with Crippen molar-refractivity contribution in [2.75, 3.05) is 13.2 Å². The maximum atomic E-state index is 12.0. The largest absolute Gasteiger partial charge is 0.387 e. The molecule has 0 radical (unpaired) electrons. The van der Waals surface area contributed by atoms with Gasteiger partial charge in [0.05, 0.1) is 18.2 Å². The summed E-state index contributed by atoms with van der Waals surface area (Å²) in [6.45, 7) is 4.95. The molecular weight excluding hydrogens is 280 g/mol. The van der Waals surface area contributed by atoms with Gasteiger partial charge < -0.3 is 20.5 Å². The monoisotopic (exact) mass is 306 g/mol. The minimum absolute atomic E-state index is 0.0260. The summed E-state index contributed by atoms with van der Waals surface area (Å²) < 4.78 is 5.63. The molecule has 5 heteroatoms. The summed E-state index contributed by atoms with van der Waals surface area (Å²) in [5, 5.41) is 15.9. The van der Waals surface area contributed by atoms with Crippen LogP contribution in [0.15, 0.2) is 24.3 Å². The predicted octanol–water partition coefficient (Wildman–Crippen LogP) is 2.29. The molecular formula is C17H26N2O3. The van der Waals surface area contributed by atoms with Crippen LogP contribution in [0.1, 0.15) is 43.4 Å². The van der Waals surface area contributed by atoms with E-state index < -0.39 is 6.10 Å². The highest BCUT2D eigenvalue weighted by molar-refractivity contribution is 5.74. The number of aliphatic hydroxyl groups is 1. The Bertz CT molecular complexity index is 487. The molecule has 1 heterocycles. The van der Waals surface area contributed by atoms with Crippen LogP contribution in [0.2, 0.25) is 0 Å². The highest BCUT2D eigenvalue weighted by Crippen LogP contribution is 2.18. The van der Waals surface area contributed by atoms with Gasteiger partial charge >= 0.3 is 6.03 Å². The van der Waals surface area contributed by atoms with E-state index in [0.717, 1.165) is 37.0 Å². The number of amides is 2. The summed E-state index contributed by atoms with van der Waals surface area (Å²) in [6, 6.07) is 7.41. The Hall–Kier alpha value is -1.59. The standard InChI is InChI=1S/C17H26N2O3/c1-3-14(16-9-6-10-22-16)19-17(21)18-11-15(20)13-8-5-4-7-12(13)2/h4-5,7-8,14-16,20H,3,6,9-11H2,1-2H3,(H2,18,19,21). The normalized spacial score (nSPS) is 20.4. The quantitative estimate of drug-likeness (QED) is 0.755. The molecule has 0 aromatic heterocycles. The Balaban J connectivity index is 1.80. The third kappa shape index (κ3) is 4.45. The summed E-state index contributed by atoms with van der Waals surface area (Å²) in [4.78, 5) is 12.0. The summed E-state index contributed by atoms with van der Waals surface area (Å²) in [5.41, 5.74) is 1.86. The molecule has 0 bridgehead atoms. The molecule has 122 valence electrons. The Morgan fingerprint density at radius 3 is 2.86 bits per heavy atom. The van der Waals surface area contributed by atoms with Crippen molar-refractivity contribution in [1.29, 1.82) is 0 Å². The Morgan fingerprint density at radius 2 is 2.23 bits per heavy atom. The third-order valence-corrected chi connectivity index (χ3v) is 4.17. The van der Waals surface area contributed by atoms with E-state index in [9.17, 15) is 9.90 Å². The highest BCUT2D eigenvalue weighted by Gasteiger charge is 2.26. The molecule has 2 rings (SSSR count). The van der Waals surface area contributed by atoms with Gasteiger partial charge in [-0.3, -0.25) is 0 Å². The van der Waals surface area contributed by atoms with Gasteiger partial charge in [0.1, 0.15) is 0 Å². The van der Waals surface area contributed by atoms with Crippen LogP contribution >= 0.6 is 0 Å². The van der Waals surface area contributed by atoms with Gasteiger partial charge in [-0.25, -0.2) is 4.79 Å². The van der Waals surface area contributed by atoms with Gasteiger partial charge in [0.2, 0.25) is 0 Å². The molecule has 0 spiro atoms. The van der Waals surface area contributed by atoms with E-state index in [0.29, 0.717) is 0 Å². The van der Waals surface area contributed by atoms with Crippen molar-refractivity contribution in [1.82, 2.24) is 10.6 Å². The van der Waals surface area contributed by atoms with Crippen LogP contribution in [-0.4, -0.2) is 36.4 Å². The van der Waals surface area contributed by atoms with Crippen molar-refractivity contribution < 1.29 is 14.6 Å². The zero-order valence-corrected chi connectivity index (χ0v) is 13.3. The summed E-state index contributed by atoms with van der Waals surface area (Å²) in [6.07, 6.45) is 2.28. The summed E-state index contributed by atoms with van der Waals surface area (Å²) in [5.74, 6) is 0. The minimum atomic E-state index is -0.699. The molecule has 1 fully saturated rings. The van der Waals surface area contributed by atoms with Crippen molar-refractivity contribution in [3.63, 3.8) is 0 Å². The molecule has 3 N–H and O–H groups in total. The molecule has 1 aromatic carbocycles. The number of aryl methyl sites for hydroxylation is 1. The lowest BCUT2D eigenvalue weighted by molar-refractivity contribution is 0.0793. The predicted molar refractivity (Wildman–Crippen MR) is 85.7 cm³/mol. The van der Waals surface area contributed by atoms with Crippen molar-refractivity contribution in [3.8, 4) is 0 Å². The zero-order valence-electron chi connectivity index (χ0n) is 13.3. The number of benzene rings is 1. The summed E-state index contributed by atoms with van der Waals surface area (Å²) >= 11 is 0. The lowest BCUT2D eigenvalue weighted by atomic mass is 10.0. The van der Waals surface area contributed by atoms with Gasteiger partial charge in [0.25, 0.3) is 0 Å². The first-order valence-electron chi connectivity index (χ1n) is 8.01. The molecule has 0 aliphatic carbocycles. The van der Waals surface area contributed by atoms with Crippen LogP contribution in [0.4, 0.5) is 4.79 Å². The van der Waals surface area contributed by atoms with E-state index in [1.165, 1.54) is 0 Å². The third-order valence-electron chi connectivity index (χ3n) is 4.17. The van der Waals surface area contributed by atoms with E-state index in [2.05, 4.69) is 10.6 Å². The average molecular weight is 306 g/mol. The number of hydrogen-bond donors (Lipinski definition) is 3. The van der Waals surface area contributed by atoms with Crippen molar-refractivity contribution in [2.24, 2.45) is 0 Å². The number of rotatable bonds is 6. The van der Waals surface area contributed by atoms with E-state index in [-0.39, 0.29) is 24.7 Å². The average Bonchev–Trinajstić information content (AvgIpc) is 3.05. The van der Waals surface area contributed by atoms with Crippen LogP contribution in [0.3, 0.4) is 0 Å². The van der Waals surface area contributed by atoms with Gasteiger partial charge in [0.15, 0.2) is 0 Å². The highest BCUT2D eigenvalue weighted by atomic mass is 16.5. The number of nitrogens with one attached hydrogen (secondary N) is 2. The number of aliphatic hydroxyl groups excluding tert-OH is 1. The van der Waals surface area contributed by atoms with E-state index in [1.807, 2.05) is 38.1 Å². The van der Waals surface area contributed by atoms with Gasteiger partial charge in [0, 0.05) is 13.2 Å². The topological polar surface area (TPSA) is 70.6 Å². The van der Waals surface area contributed by atoms with Gasteiger partial charge in [-0.05, 0) is 37.3 Å². The molecule has 5 nitrogen and oxygen atoms in total. The van der Waals surface area contributed by atoms with Crippen LogP contribution in [0.25, 0.3) is 0 Å². The second kappa shape index (κ2) is 8.15. The Labute approximate surface area is 132 Å². The maximum absolute atomic E-state index is 12.0. The summed E-state index contributed by atoms with van der Waals surface area (Å²) in [7, 11) is 0. The van der Waals surface area contributed by atoms with E-state index >= 15 is 0 Å². The molecule has 2 amide bonds. The SMILES string of the molecule is CCC(NC(=O)NCC(O)c1ccccc1C)C1CCCO1. The molecule has 1 aromatic rings. The van der Waals surface area contributed by atoms with Gasteiger partial charge in [-0.2, -0.15) is 0 Å². The number of urea groups is 1. The molecule has 3 atom stereocenters. The second-order valence-corrected chi connectivity index (χ2v) is 5.79. The lowest BCUT2D eigenvalue weighted by Gasteiger charge is -2.23. The number of carbonyl (C=O) groups excluding carboxylic acids is 1. The van der Waals surface area contributed by atoms with Crippen molar-refractivity contribution in [3.05, 3.63) is 35.4 Å². The Kier molecular flexibility index (Phi) is 6.21. The molecule has 3 unspecified atom stereocenters. The number of ether oxygens (including phenoxy) is 1. The lowest BCUT2D eigenvalue weighted by Crippen LogP contribution is -2.48. The molecule has 22 heavy (non-hydrogen) atoms. The first-order chi connectivity index (χ1) is 10.6. The van der Waals surface area contributed by atoms with E-state index in [4.69, 9.17) is 4.74 Å². The van der Waals surface area contributed by atoms with E-state index in [1.54, 1.807) is 0 Å². The van der Waals surface area contributed by atoms with Crippen LogP contribution in [0, 0.1) is 6.92 Å². The van der Waals surface area contributed by atoms with Gasteiger partial charge in [-0.1, -0.05) is 31.2 Å². The first kappa shape index (κ1) is 16.8. The Morgan fingerprint density at radius 1 is 1.45 bits per heavy atom.